The van der Waals surface area contributed by atoms with Gasteiger partial charge in [0.05, 0.1) is 11.2 Å². The second-order valence-corrected chi connectivity index (χ2v) is 7.91. The van der Waals surface area contributed by atoms with Crippen LogP contribution in [0.4, 0.5) is 5.69 Å². The maximum absolute atomic E-state index is 12.5. The van der Waals surface area contributed by atoms with E-state index in [1.807, 2.05) is 13.8 Å². The van der Waals surface area contributed by atoms with Gasteiger partial charge in [0.25, 0.3) is 0 Å². The van der Waals surface area contributed by atoms with Crippen molar-refractivity contribution in [2.45, 2.75) is 26.7 Å². The first-order valence-corrected chi connectivity index (χ1v) is 9.74. The van der Waals surface area contributed by atoms with E-state index in [-0.39, 0.29) is 24.8 Å². The normalized spacial score (nSPS) is 12.0. The molecule has 0 aliphatic heterocycles. The molecule has 1 aromatic rings. The van der Waals surface area contributed by atoms with Crippen molar-refractivity contribution in [3.63, 3.8) is 0 Å². The number of rotatable bonds is 9. The highest BCUT2D eigenvalue weighted by molar-refractivity contribution is 7.90. The Kier molecular flexibility index (Phi) is 7.02. The van der Waals surface area contributed by atoms with Crippen LogP contribution in [0.5, 0.6) is 5.75 Å². The molecule has 0 fully saturated rings. The van der Waals surface area contributed by atoms with Crippen LogP contribution in [-0.4, -0.2) is 39.5 Å². The van der Waals surface area contributed by atoms with Crippen LogP contribution in [0.1, 0.15) is 26.7 Å². The number of ether oxygens (including phenoxy) is 1. The van der Waals surface area contributed by atoms with Gasteiger partial charge in [0.2, 0.25) is 5.91 Å². The van der Waals surface area contributed by atoms with Gasteiger partial charge in [-0.05, 0) is 25.0 Å². The number of hydrogen-bond donors (Lipinski definition) is 2. The zero-order valence-electron chi connectivity index (χ0n) is 14.0. The quantitative estimate of drug-likeness (QED) is 0.713. The molecule has 1 aromatic carbocycles. The number of nitrogens with two attached hydrogens (primary N) is 1. The molecule has 0 spiro atoms. The Bertz CT molecular complexity index is 616. The molecule has 0 aliphatic rings. The Morgan fingerprint density at radius 1 is 1.30 bits per heavy atom. The molecule has 0 radical (unpaired) electrons. The molecule has 0 saturated heterocycles. The van der Waals surface area contributed by atoms with E-state index in [0.29, 0.717) is 24.3 Å². The SMILES string of the molecule is CCC(CC)(CN)C(=O)Nc1cccc(OCCS(C)(=O)=O)c1. The molecule has 3 N–H and O–H groups in total. The van der Waals surface area contributed by atoms with Gasteiger partial charge in [-0.25, -0.2) is 8.42 Å². The third-order valence-corrected chi connectivity index (χ3v) is 4.95. The Labute approximate surface area is 138 Å². The van der Waals surface area contributed by atoms with Crippen LogP contribution in [0.25, 0.3) is 0 Å². The first-order chi connectivity index (χ1) is 10.8. The number of benzene rings is 1. The summed E-state index contributed by atoms with van der Waals surface area (Å²) in [6.07, 6.45) is 2.49. The summed E-state index contributed by atoms with van der Waals surface area (Å²) in [5.74, 6) is 0.349. The second-order valence-electron chi connectivity index (χ2n) is 5.65. The van der Waals surface area contributed by atoms with Crippen molar-refractivity contribution < 1.29 is 17.9 Å². The van der Waals surface area contributed by atoms with Gasteiger partial charge >= 0.3 is 0 Å². The Morgan fingerprint density at radius 2 is 1.96 bits per heavy atom. The number of sulfone groups is 1. The summed E-state index contributed by atoms with van der Waals surface area (Å²) in [5.41, 5.74) is 5.80. The molecule has 0 heterocycles. The average molecular weight is 342 g/mol. The minimum atomic E-state index is -3.06. The molecule has 0 bridgehead atoms. The van der Waals surface area contributed by atoms with Crippen LogP contribution < -0.4 is 15.8 Å². The third kappa shape index (κ3) is 5.84. The lowest BCUT2D eigenvalue weighted by molar-refractivity contribution is -0.125. The molecular formula is C16H26N2O4S. The van der Waals surface area contributed by atoms with Crippen molar-refractivity contribution in [3.8, 4) is 5.75 Å². The molecule has 0 saturated carbocycles. The topological polar surface area (TPSA) is 98.5 Å². The number of nitrogens with one attached hydrogen (secondary N) is 1. The van der Waals surface area contributed by atoms with Gasteiger partial charge < -0.3 is 15.8 Å². The molecule has 0 aliphatic carbocycles. The molecule has 130 valence electrons. The van der Waals surface area contributed by atoms with Gasteiger partial charge in [-0.1, -0.05) is 19.9 Å². The van der Waals surface area contributed by atoms with Crippen molar-refractivity contribution in [1.29, 1.82) is 0 Å². The molecule has 0 unspecified atom stereocenters. The van der Waals surface area contributed by atoms with Gasteiger partial charge in [-0.3, -0.25) is 4.79 Å². The molecule has 6 nitrogen and oxygen atoms in total. The highest BCUT2D eigenvalue weighted by Crippen LogP contribution is 2.27. The van der Waals surface area contributed by atoms with Crippen molar-refractivity contribution in [2.75, 3.05) is 30.5 Å². The molecule has 0 atom stereocenters. The predicted molar refractivity (Wildman–Crippen MR) is 92.3 cm³/mol. The lowest BCUT2D eigenvalue weighted by atomic mass is 9.81. The molecule has 1 amide bonds. The van der Waals surface area contributed by atoms with Crippen molar-refractivity contribution in [3.05, 3.63) is 24.3 Å². The van der Waals surface area contributed by atoms with E-state index >= 15 is 0 Å². The fraction of sp³-hybridized carbons (Fsp3) is 0.562. The maximum Gasteiger partial charge on any atom is 0.231 e. The number of carbonyl (C=O) groups excluding carboxylic acids is 1. The predicted octanol–water partition coefficient (Wildman–Crippen LogP) is 1.81. The van der Waals surface area contributed by atoms with Gasteiger partial charge in [0.1, 0.15) is 12.4 Å². The van der Waals surface area contributed by atoms with Crippen molar-refractivity contribution in [1.82, 2.24) is 0 Å². The first-order valence-electron chi connectivity index (χ1n) is 7.68. The van der Waals surface area contributed by atoms with E-state index < -0.39 is 15.3 Å². The van der Waals surface area contributed by atoms with Crippen LogP contribution in [0, 0.1) is 5.41 Å². The van der Waals surface area contributed by atoms with Crippen LogP contribution in [0.15, 0.2) is 24.3 Å². The van der Waals surface area contributed by atoms with Crippen LogP contribution in [0.2, 0.25) is 0 Å². The lowest BCUT2D eigenvalue weighted by Crippen LogP contribution is -2.41. The van der Waals surface area contributed by atoms with Crippen molar-refractivity contribution >= 4 is 21.4 Å². The molecule has 7 heteroatoms. The lowest BCUT2D eigenvalue weighted by Gasteiger charge is -2.28. The van der Waals surface area contributed by atoms with E-state index in [2.05, 4.69) is 5.32 Å². The minimum Gasteiger partial charge on any atom is -0.492 e. The van der Waals surface area contributed by atoms with Gasteiger partial charge in [-0.15, -0.1) is 0 Å². The smallest absolute Gasteiger partial charge is 0.231 e. The highest BCUT2D eigenvalue weighted by atomic mass is 32.2. The first kappa shape index (κ1) is 19.4. The van der Waals surface area contributed by atoms with Gasteiger partial charge in [0.15, 0.2) is 9.84 Å². The second kappa shape index (κ2) is 8.31. The number of hydrogen-bond acceptors (Lipinski definition) is 5. The van der Waals surface area contributed by atoms with Crippen LogP contribution in [-0.2, 0) is 14.6 Å². The fourth-order valence-corrected chi connectivity index (χ4v) is 2.58. The van der Waals surface area contributed by atoms with Crippen LogP contribution >= 0.6 is 0 Å². The molecular weight excluding hydrogens is 316 g/mol. The van der Waals surface area contributed by atoms with Gasteiger partial charge in [0, 0.05) is 24.6 Å². The summed E-state index contributed by atoms with van der Waals surface area (Å²) in [5, 5.41) is 2.87. The van der Waals surface area contributed by atoms with Gasteiger partial charge in [-0.2, -0.15) is 0 Å². The number of anilines is 1. The van der Waals surface area contributed by atoms with E-state index in [4.69, 9.17) is 10.5 Å². The average Bonchev–Trinajstić information content (AvgIpc) is 2.49. The third-order valence-electron chi connectivity index (χ3n) is 4.04. The maximum atomic E-state index is 12.5. The minimum absolute atomic E-state index is 0.0501. The summed E-state index contributed by atoms with van der Waals surface area (Å²) >= 11 is 0. The Balaban J connectivity index is 2.75. The molecule has 0 aromatic heterocycles. The van der Waals surface area contributed by atoms with E-state index in [1.165, 1.54) is 0 Å². The molecule has 23 heavy (non-hydrogen) atoms. The van der Waals surface area contributed by atoms with Crippen molar-refractivity contribution in [2.24, 2.45) is 11.1 Å². The summed E-state index contributed by atoms with van der Waals surface area (Å²) < 4.78 is 27.6. The number of carbonyl (C=O) groups is 1. The summed E-state index contributed by atoms with van der Waals surface area (Å²) in [6, 6.07) is 6.89. The summed E-state index contributed by atoms with van der Waals surface area (Å²) in [7, 11) is -3.06. The largest absolute Gasteiger partial charge is 0.492 e. The van der Waals surface area contributed by atoms with E-state index in [0.717, 1.165) is 6.26 Å². The monoisotopic (exact) mass is 342 g/mol. The number of amides is 1. The summed E-state index contributed by atoms with van der Waals surface area (Å²) in [4.78, 5) is 12.5. The van der Waals surface area contributed by atoms with Crippen LogP contribution in [0.3, 0.4) is 0 Å². The summed E-state index contributed by atoms with van der Waals surface area (Å²) in [6.45, 7) is 4.25. The van der Waals surface area contributed by atoms with E-state index in [9.17, 15) is 13.2 Å². The fourth-order valence-electron chi connectivity index (χ4n) is 2.19. The zero-order chi connectivity index (χ0) is 17.5. The standard InChI is InChI=1S/C16H26N2O4S/c1-4-16(5-2,12-17)15(19)18-13-7-6-8-14(11-13)22-9-10-23(3,20)21/h6-8,11H,4-5,9-10,12,17H2,1-3H3,(H,18,19). The zero-order valence-corrected chi connectivity index (χ0v) is 14.8. The van der Waals surface area contributed by atoms with E-state index in [1.54, 1.807) is 24.3 Å². The highest BCUT2D eigenvalue weighted by Gasteiger charge is 2.33. The molecule has 1 rings (SSSR count). The Hall–Kier alpha value is -1.60. The Morgan fingerprint density at radius 3 is 2.48 bits per heavy atom.